The summed E-state index contributed by atoms with van der Waals surface area (Å²) >= 11 is 3.08. The monoisotopic (exact) mass is 299 g/mol. The van der Waals surface area contributed by atoms with E-state index < -0.39 is 12.0 Å². The molecule has 0 unspecified atom stereocenters. The third-order valence-electron chi connectivity index (χ3n) is 1.70. The van der Waals surface area contributed by atoms with Crippen molar-refractivity contribution >= 4 is 33.6 Å². The number of carboxylic acid groups (broad SMARTS) is 1. The van der Waals surface area contributed by atoms with Gasteiger partial charge in [-0.05, 0) is 12.1 Å². The minimum atomic E-state index is -1.20. The highest BCUT2D eigenvalue weighted by Gasteiger charge is 2.12. The second-order valence-electron chi connectivity index (χ2n) is 3.03. The lowest BCUT2D eigenvalue weighted by molar-refractivity contribution is 0.0692. The van der Waals surface area contributed by atoms with Gasteiger partial charge in [0.2, 0.25) is 0 Å². The second kappa shape index (κ2) is 6.00. The molecule has 0 aromatic carbocycles. The smallest absolute Gasteiger partial charge is 0.356 e. The van der Waals surface area contributed by atoms with Gasteiger partial charge < -0.3 is 15.7 Å². The number of amides is 2. The predicted molar refractivity (Wildman–Crippen MR) is 66.3 cm³/mol. The maximum atomic E-state index is 11.4. The van der Waals surface area contributed by atoms with Crippen LogP contribution in [-0.4, -0.2) is 28.6 Å². The van der Waals surface area contributed by atoms with E-state index in [1.165, 1.54) is 18.3 Å². The highest BCUT2D eigenvalue weighted by atomic mass is 79.9. The van der Waals surface area contributed by atoms with Crippen LogP contribution in [0.25, 0.3) is 0 Å². The largest absolute Gasteiger partial charge is 0.476 e. The molecule has 0 aliphatic heterocycles. The molecule has 7 heteroatoms. The van der Waals surface area contributed by atoms with Gasteiger partial charge in [0, 0.05) is 10.7 Å². The SMILES string of the molecule is C=C(Br)CNC(=O)Nc1cccnc1C(=O)O. The summed E-state index contributed by atoms with van der Waals surface area (Å²) in [5.74, 6) is -1.20. The average molecular weight is 300 g/mol. The van der Waals surface area contributed by atoms with E-state index in [9.17, 15) is 9.59 Å². The number of urea groups is 1. The maximum Gasteiger partial charge on any atom is 0.356 e. The van der Waals surface area contributed by atoms with Gasteiger partial charge in [-0.3, -0.25) is 0 Å². The van der Waals surface area contributed by atoms with E-state index in [1.54, 1.807) is 0 Å². The summed E-state index contributed by atoms with van der Waals surface area (Å²) < 4.78 is 0.609. The van der Waals surface area contributed by atoms with Crippen molar-refractivity contribution < 1.29 is 14.7 Å². The van der Waals surface area contributed by atoms with Crippen molar-refractivity contribution in [2.45, 2.75) is 0 Å². The number of nitrogens with one attached hydrogen (secondary N) is 2. The third kappa shape index (κ3) is 4.23. The summed E-state index contributed by atoms with van der Waals surface area (Å²) in [6, 6.07) is 2.46. The predicted octanol–water partition coefficient (Wildman–Crippen LogP) is 1.81. The number of anilines is 1. The maximum absolute atomic E-state index is 11.4. The van der Waals surface area contributed by atoms with E-state index in [-0.39, 0.29) is 17.9 Å². The van der Waals surface area contributed by atoms with E-state index in [1.807, 2.05) is 0 Å². The highest BCUT2D eigenvalue weighted by Crippen LogP contribution is 2.11. The molecule has 0 saturated heterocycles. The molecule has 90 valence electrons. The summed E-state index contributed by atoms with van der Waals surface area (Å²) in [6.45, 7) is 3.79. The second-order valence-corrected chi connectivity index (χ2v) is 4.15. The van der Waals surface area contributed by atoms with E-state index in [4.69, 9.17) is 5.11 Å². The minimum absolute atomic E-state index is 0.137. The van der Waals surface area contributed by atoms with Crippen LogP contribution in [0.2, 0.25) is 0 Å². The number of aromatic carboxylic acids is 1. The summed E-state index contributed by atoms with van der Waals surface area (Å²) in [5, 5.41) is 13.7. The Morgan fingerprint density at radius 1 is 1.53 bits per heavy atom. The van der Waals surface area contributed by atoms with Gasteiger partial charge in [0.1, 0.15) is 0 Å². The van der Waals surface area contributed by atoms with Crippen molar-refractivity contribution in [1.29, 1.82) is 0 Å². The molecule has 1 aromatic rings. The molecule has 17 heavy (non-hydrogen) atoms. The number of carboxylic acids is 1. The molecule has 1 heterocycles. The van der Waals surface area contributed by atoms with Crippen molar-refractivity contribution in [3.63, 3.8) is 0 Å². The Bertz CT molecular complexity index is 462. The molecule has 0 aliphatic rings. The summed E-state index contributed by atoms with van der Waals surface area (Å²) in [7, 11) is 0. The van der Waals surface area contributed by atoms with Crippen LogP contribution >= 0.6 is 15.9 Å². The lowest BCUT2D eigenvalue weighted by Gasteiger charge is -2.08. The Kier molecular flexibility index (Phi) is 4.65. The van der Waals surface area contributed by atoms with Crippen molar-refractivity contribution in [1.82, 2.24) is 10.3 Å². The fourth-order valence-electron chi connectivity index (χ4n) is 1.02. The molecule has 0 saturated carbocycles. The number of pyridine rings is 1. The zero-order chi connectivity index (χ0) is 12.8. The standard InChI is InChI=1S/C10H10BrN3O3/c1-6(11)5-13-10(17)14-7-3-2-4-12-8(7)9(15)16/h2-4H,1,5H2,(H,15,16)(H2,13,14,17). The first-order chi connectivity index (χ1) is 8.00. The average Bonchev–Trinajstić information content (AvgIpc) is 2.27. The van der Waals surface area contributed by atoms with Crippen LogP contribution in [0.3, 0.4) is 0 Å². The molecule has 0 radical (unpaired) electrons. The number of carbonyl (C=O) groups excluding carboxylic acids is 1. The van der Waals surface area contributed by atoms with Crippen molar-refractivity contribution in [3.8, 4) is 0 Å². The Hall–Kier alpha value is -1.89. The van der Waals surface area contributed by atoms with Crippen LogP contribution < -0.4 is 10.6 Å². The summed E-state index contributed by atoms with van der Waals surface area (Å²) in [5.41, 5.74) is -0.0713. The number of hydrogen-bond acceptors (Lipinski definition) is 3. The van der Waals surface area contributed by atoms with Gasteiger partial charge in [0.15, 0.2) is 5.69 Å². The number of hydrogen-bond donors (Lipinski definition) is 3. The van der Waals surface area contributed by atoms with Crippen LogP contribution in [0, 0.1) is 0 Å². The number of rotatable bonds is 4. The lowest BCUT2D eigenvalue weighted by Crippen LogP contribution is -2.30. The molecule has 0 spiro atoms. The zero-order valence-corrected chi connectivity index (χ0v) is 10.3. The first kappa shape index (κ1) is 13.2. The quantitative estimate of drug-likeness (QED) is 0.791. The molecular weight excluding hydrogens is 290 g/mol. The fraction of sp³-hybridized carbons (Fsp3) is 0.100. The van der Waals surface area contributed by atoms with Crippen LogP contribution in [0.5, 0.6) is 0 Å². The van der Waals surface area contributed by atoms with Crippen LogP contribution in [0.1, 0.15) is 10.5 Å². The Morgan fingerprint density at radius 2 is 2.24 bits per heavy atom. The van der Waals surface area contributed by atoms with E-state index in [0.717, 1.165) is 0 Å². The Morgan fingerprint density at radius 3 is 2.82 bits per heavy atom. The molecule has 0 atom stereocenters. The fourth-order valence-corrected chi connectivity index (χ4v) is 1.16. The van der Waals surface area contributed by atoms with Gasteiger partial charge in [0.05, 0.1) is 12.2 Å². The van der Waals surface area contributed by atoms with E-state index >= 15 is 0 Å². The minimum Gasteiger partial charge on any atom is -0.476 e. The Labute approximate surface area is 106 Å². The molecule has 0 fully saturated rings. The molecule has 6 nitrogen and oxygen atoms in total. The normalized spacial score (nSPS) is 9.47. The number of halogens is 1. The van der Waals surface area contributed by atoms with Crippen LogP contribution in [0.4, 0.5) is 10.5 Å². The van der Waals surface area contributed by atoms with Crippen molar-refractivity contribution in [2.75, 3.05) is 11.9 Å². The first-order valence-electron chi connectivity index (χ1n) is 4.57. The summed E-state index contributed by atoms with van der Waals surface area (Å²) in [4.78, 5) is 25.9. The van der Waals surface area contributed by atoms with Crippen molar-refractivity contribution in [3.05, 3.63) is 35.1 Å². The molecular formula is C10H10BrN3O3. The van der Waals surface area contributed by atoms with Gasteiger partial charge in [-0.1, -0.05) is 22.5 Å². The third-order valence-corrected chi connectivity index (χ3v) is 1.98. The molecule has 1 rings (SSSR count). The number of carbonyl (C=O) groups is 2. The van der Waals surface area contributed by atoms with Gasteiger partial charge in [-0.25, -0.2) is 14.6 Å². The van der Waals surface area contributed by atoms with Gasteiger partial charge >= 0.3 is 12.0 Å². The number of nitrogens with zero attached hydrogens (tertiary/aromatic N) is 1. The van der Waals surface area contributed by atoms with Gasteiger partial charge in [-0.15, -0.1) is 0 Å². The van der Waals surface area contributed by atoms with Crippen LogP contribution in [-0.2, 0) is 0 Å². The topological polar surface area (TPSA) is 91.3 Å². The van der Waals surface area contributed by atoms with E-state index in [0.29, 0.717) is 4.48 Å². The molecule has 3 N–H and O–H groups in total. The van der Waals surface area contributed by atoms with Gasteiger partial charge in [0.25, 0.3) is 0 Å². The van der Waals surface area contributed by atoms with E-state index in [2.05, 4.69) is 38.1 Å². The molecule has 2 amide bonds. The highest BCUT2D eigenvalue weighted by molar-refractivity contribution is 9.11. The van der Waals surface area contributed by atoms with Gasteiger partial charge in [-0.2, -0.15) is 0 Å². The Balaban J connectivity index is 2.71. The van der Waals surface area contributed by atoms with Crippen molar-refractivity contribution in [2.24, 2.45) is 0 Å². The van der Waals surface area contributed by atoms with Crippen LogP contribution in [0.15, 0.2) is 29.4 Å². The first-order valence-corrected chi connectivity index (χ1v) is 5.36. The zero-order valence-electron chi connectivity index (χ0n) is 8.74. The molecule has 1 aromatic heterocycles. The summed E-state index contributed by atoms with van der Waals surface area (Å²) in [6.07, 6.45) is 1.34. The lowest BCUT2D eigenvalue weighted by atomic mass is 10.3. The number of aromatic nitrogens is 1. The molecule has 0 bridgehead atoms. The molecule has 0 aliphatic carbocycles.